The van der Waals surface area contributed by atoms with Gasteiger partial charge in [0.15, 0.2) is 0 Å². The number of allylic oxidation sites excluding steroid dienone is 1. The molecule has 32 heavy (non-hydrogen) atoms. The number of rotatable bonds is 6. The fourth-order valence-electron chi connectivity index (χ4n) is 5.24. The molecular formula is C29H36ClNO. The van der Waals surface area contributed by atoms with Gasteiger partial charge in [0, 0.05) is 11.1 Å². The van der Waals surface area contributed by atoms with Crippen LogP contribution < -0.4 is 0 Å². The van der Waals surface area contributed by atoms with Crippen molar-refractivity contribution < 1.29 is 4.79 Å². The number of benzene rings is 2. The Morgan fingerprint density at radius 1 is 1.31 bits per heavy atom. The van der Waals surface area contributed by atoms with E-state index in [-0.39, 0.29) is 17.2 Å². The molecule has 1 aliphatic rings. The Morgan fingerprint density at radius 3 is 2.72 bits per heavy atom. The van der Waals surface area contributed by atoms with Gasteiger partial charge in [-0.1, -0.05) is 82.1 Å². The highest BCUT2D eigenvalue weighted by atomic mass is 35.5. The van der Waals surface area contributed by atoms with Crippen LogP contribution in [0, 0.1) is 12.8 Å². The Balaban J connectivity index is 2.05. The van der Waals surface area contributed by atoms with Crippen molar-refractivity contribution in [3.05, 3.63) is 81.9 Å². The Labute approximate surface area is 198 Å². The second kappa shape index (κ2) is 10.2. The number of aryl methyl sites for hydroxylation is 2. The molecule has 1 amide bonds. The van der Waals surface area contributed by atoms with E-state index in [0.717, 1.165) is 30.5 Å². The van der Waals surface area contributed by atoms with Crippen LogP contribution in [0.2, 0.25) is 5.02 Å². The van der Waals surface area contributed by atoms with E-state index >= 15 is 0 Å². The Kier molecular flexibility index (Phi) is 7.77. The minimum Gasteiger partial charge on any atom is -0.267 e. The number of aliphatic imine (C=N–C) groups is 1. The number of fused-ring (bicyclic) bond motifs is 1. The van der Waals surface area contributed by atoms with Crippen molar-refractivity contribution in [3.63, 3.8) is 0 Å². The number of carbonyl (C=O) groups is 1. The van der Waals surface area contributed by atoms with Crippen molar-refractivity contribution in [1.82, 2.24) is 0 Å². The van der Waals surface area contributed by atoms with E-state index in [1.807, 2.05) is 25.1 Å². The van der Waals surface area contributed by atoms with Crippen LogP contribution in [0.15, 0.2) is 54.0 Å². The van der Waals surface area contributed by atoms with Crippen LogP contribution in [0.1, 0.15) is 91.9 Å². The zero-order chi connectivity index (χ0) is 23.5. The molecule has 0 saturated heterocycles. The molecule has 2 atom stereocenters. The molecule has 170 valence electrons. The molecule has 1 aliphatic carbocycles. The highest BCUT2D eigenvalue weighted by Gasteiger charge is 2.36. The van der Waals surface area contributed by atoms with Gasteiger partial charge < -0.3 is 0 Å². The molecule has 2 unspecified atom stereocenters. The average Bonchev–Trinajstić information content (AvgIpc) is 2.83. The maximum Gasteiger partial charge on any atom is 0.278 e. The fourth-order valence-corrected chi connectivity index (χ4v) is 5.54. The number of halogens is 1. The van der Waals surface area contributed by atoms with Crippen molar-refractivity contribution >= 4 is 23.2 Å². The van der Waals surface area contributed by atoms with Crippen molar-refractivity contribution in [2.45, 2.75) is 78.1 Å². The van der Waals surface area contributed by atoms with Gasteiger partial charge in [-0.15, -0.1) is 6.58 Å². The monoisotopic (exact) mass is 449 g/mol. The number of hydrogen-bond acceptors (Lipinski definition) is 1. The van der Waals surface area contributed by atoms with Gasteiger partial charge in [0.1, 0.15) is 0 Å². The summed E-state index contributed by atoms with van der Waals surface area (Å²) in [6.45, 7) is 14.7. The summed E-state index contributed by atoms with van der Waals surface area (Å²) in [6, 6.07) is 12.5. The predicted molar refractivity (Wildman–Crippen MR) is 137 cm³/mol. The zero-order valence-electron chi connectivity index (χ0n) is 20.2. The van der Waals surface area contributed by atoms with Crippen molar-refractivity contribution in [2.75, 3.05) is 0 Å². The lowest BCUT2D eigenvalue weighted by molar-refractivity contribution is 0.100. The third-order valence-electron chi connectivity index (χ3n) is 6.97. The number of amides is 1. The Bertz CT molecular complexity index is 1010. The summed E-state index contributed by atoms with van der Waals surface area (Å²) >= 11 is 6.36. The average molecular weight is 450 g/mol. The van der Waals surface area contributed by atoms with Crippen LogP contribution in [0.5, 0.6) is 0 Å². The van der Waals surface area contributed by atoms with E-state index in [1.165, 1.54) is 29.5 Å². The van der Waals surface area contributed by atoms with Crippen molar-refractivity contribution in [3.8, 4) is 0 Å². The Hall–Kier alpha value is -2.19. The molecule has 0 bridgehead atoms. The fraction of sp³-hybridized carbons (Fsp3) is 0.448. The number of hydrogen-bond donors (Lipinski definition) is 0. The van der Waals surface area contributed by atoms with Crippen LogP contribution in [0.25, 0.3) is 0 Å². The molecule has 0 N–H and O–H groups in total. The topological polar surface area (TPSA) is 29.4 Å². The molecule has 0 aromatic heterocycles. The molecule has 0 saturated carbocycles. The summed E-state index contributed by atoms with van der Waals surface area (Å²) in [4.78, 5) is 17.9. The van der Waals surface area contributed by atoms with E-state index in [4.69, 9.17) is 16.6 Å². The molecule has 3 rings (SSSR count). The number of carbonyl (C=O) groups excluding carboxylic acids is 1. The second-order valence-corrected chi connectivity index (χ2v) is 10.1. The molecule has 0 heterocycles. The van der Waals surface area contributed by atoms with Gasteiger partial charge in [0.25, 0.3) is 5.91 Å². The summed E-state index contributed by atoms with van der Waals surface area (Å²) in [6.07, 6.45) is 7.35. The van der Waals surface area contributed by atoms with E-state index in [1.54, 1.807) is 6.07 Å². The Morgan fingerprint density at radius 2 is 2.06 bits per heavy atom. The van der Waals surface area contributed by atoms with Gasteiger partial charge in [-0.3, -0.25) is 4.79 Å². The zero-order valence-corrected chi connectivity index (χ0v) is 20.9. The maximum absolute atomic E-state index is 13.2. The lowest BCUT2D eigenvalue weighted by Crippen LogP contribution is -2.34. The highest BCUT2D eigenvalue weighted by Crippen LogP contribution is 2.39. The first-order valence-corrected chi connectivity index (χ1v) is 12.2. The minimum absolute atomic E-state index is 0.215. The standard InChI is InChI=1S/C29H36ClNO/c1-7-10-21(11-8-2)22-16-17-24-23(18-22)15-14-20(4)27(29(24,5)6)31-28(32)26-19(3)12-9-13-25(26)30/h7,9,12-13,16-18,20-21H,1,8,10-11,14-15H2,2-6H3. The second-order valence-electron chi connectivity index (χ2n) is 9.73. The lowest BCUT2D eigenvalue weighted by Gasteiger charge is -2.30. The maximum atomic E-state index is 13.2. The van der Waals surface area contributed by atoms with Gasteiger partial charge in [0.2, 0.25) is 0 Å². The molecule has 3 heteroatoms. The molecule has 2 aromatic carbocycles. The highest BCUT2D eigenvalue weighted by molar-refractivity contribution is 6.34. The molecule has 0 aliphatic heterocycles. The summed E-state index contributed by atoms with van der Waals surface area (Å²) < 4.78 is 0. The van der Waals surface area contributed by atoms with Crippen LogP contribution >= 0.6 is 11.6 Å². The van der Waals surface area contributed by atoms with Gasteiger partial charge in [0.05, 0.1) is 10.6 Å². The third kappa shape index (κ3) is 4.91. The smallest absolute Gasteiger partial charge is 0.267 e. The quantitative estimate of drug-likeness (QED) is 0.322. The van der Waals surface area contributed by atoms with Gasteiger partial charge in [-0.2, -0.15) is 0 Å². The first-order valence-electron chi connectivity index (χ1n) is 11.8. The summed E-state index contributed by atoms with van der Waals surface area (Å²) in [5, 5.41) is 0.465. The summed E-state index contributed by atoms with van der Waals surface area (Å²) in [7, 11) is 0. The van der Waals surface area contributed by atoms with Gasteiger partial charge in [-0.25, -0.2) is 4.99 Å². The van der Waals surface area contributed by atoms with Gasteiger partial charge >= 0.3 is 0 Å². The molecule has 0 radical (unpaired) electrons. The van der Waals surface area contributed by atoms with E-state index in [0.29, 0.717) is 16.5 Å². The van der Waals surface area contributed by atoms with E-state index < -0.39 is 0 Å². The largest absolute Gasteiger partial charge is 0.278 e. The van der Waals surface area contributed by atoms with Crippen LogP contribution in [0.3, 0.4) is 0 Å². The van der Waals surface area contributed by atoms with Crippen LogP contribution in [-0.4, -0.2) is 11.6 Å². The minimum atomic E-state index is -0.326. The number of nitrogens with zero attached hydrogens (tertiary/aromatic N) is 1. The molecular weight excluding hydrogens is 414 g/mol. The van der Waals surface area contributed by atoms with Gasteiger partial charge in [-0.05, 0) is 72.8 Å². The molecule has 0 spiro atoms. The van der Waals surface area contributed by atoms with Crippen molar-refractivity contribution in [2.24, 2.45) is 10.9 Å². The van der Waals surface area contributed by atoms with E-state index in [9.17, 15) is 4.79 Å². The summed E-state index contributed by atoms with van der Waals surface area (Å²) in [5.41, 5.74) is 6.06. The molecule has 2 aromatic rings. The van der Waals surface area contributed by atoms with Crippen LogP contribution in [0.4, 0.5) is 0 Å². The van der Waals surface area contributed by atoms with Crippen LogP contribution in [-0.2, 0) is 11.8 Å². The van der Waals surface area contributed by atoms with Crippen molar-refractivity contribution in [1.29, 1.82) is 0 Å². The first kappa shape index (κ1) is 24.5. The molecule has 2 nitrogen and oxygen atoms in total. The first-order chi connectivity index (χ1) is 15.2. The SMILES string of the molecule is C=CCC(CCC)c1ccc2c(c1)CCC(C)C(=NC(=O)c1c(C)cccc1Cl)C2(C)C. The molecule has 0 fully saturated rings. The normalized spacial score (nSPS) is 19.8. The third-order valence-corrected chi connectivity index (χ3v) is 7.29. The predicted octanol–water partition coefficient (Wildman–Crippen LogP) is 8.25. The summed E-state index contributed by atoms with van der Waals surface area (Å²) in [5.74, 6) is 0.494. The van der Waals surface area contributed by atoms with E-state index in [2.05, 4.69) is 52.5 Å². The lowest BCUT2D eigenvalue weighted by atomic mass is 9.75.